The van der Waals surface area contributed by atoms with Crippen molar-refractivity contribution in [1.29, 1.82) is 0 Å². The first-order valence-electron chi connectivity index (χ1n) is 6.39. The van der Waals surface area contributed by atoms with Crippen molar-refractivity contribution in [3.05, 3.63) is 18.2 Å². The van der Waals surface area contributed by atoms with Gasteiger partial charge < -0.3 is 10.5 Å². The molecule has 0 amide bonds. The van der Waals surface area contributed by atoms with Crippen molar-refractivity contribution in [1.82, 2.24) is 20.2 Å². The summed E-state index contributed by atoms with van der Waals surface area (Å²) in [7, 11) is 1.62. The third kappa shape index (κ3) is 2.67. The molecule has 0 saturated heterocycles. The van der Waals surface area contributed by atoms with Crippen molar-refractivity contribution < 1.29 is 4.74 Å². The van der Waals surface area contributed by atoms with E-state index >= 15 is 0 Å². The van der Waals surface area contributed by atoms with Crippen LogP contribution in [0.1, 0.15) is 32.7 Å². The van der Waals surface area contributed by atoms with Crippen LogP contribution in [-0.4, -0.2) is 27.3 Å². The average molecular weight is 261 g/mol. The lowest BCUT2D eigenvalue weighted by molar-refractivity contribution is 0.414. The lowest BCUT2D eigenvalue weighted by Gasteiger charge is -2.13. The molecule has 0 radical (unpaired) electrons. The van der Waals surface area contributed by atoms with Crippen molar-refractivity contribution in [3.63, 3.8) is 0 Å². The van der Waals surface area contributed by atoms with E-state index in [1.807, 2.05) is 16.8 Å². The van der Waals surface area contributed by atoms with E-state index in [1.165, 1.54) is 0 Å². The normalized spacial score (nSPS) is 12.4. The van der Waals surface area contributed by atoms with Crippen LogP contribution in [0.4, 0.5) is 5.69 Å². The Bertz CT molecular complexity index is 552. The Morgan fingerprint density at radius 3 is 2.89 bits per heavy atom. The molecular weight excluding hydrogens is 242 g/mol. The largest absolute Gasteiger partial charge is 0.497 e. The summed E-state index contributed by atoms with van der Waals surface area (Å²) in [6.45, 7) is 4.24. The van der Waals surface area contributed by atoms with Crippen LogP contribution in [0.5, 0.6) is 5.75 Å². The van der Waals surface area contributed by atoms with Gasteiger partial charge in [-0.2, -0.15) is 0 Å². The number of benzene rings is 1. The maximum absolute atomic E-state index is 6.01. The summed E-state index contributed by atoms with van der Waals surface area (Å²) in [5.74, 6) is 1.42. The second-order valence-corrected chi connectivity index (χ2v) is 4.54. The first kappa shape index (κ1) is 13.3. The molecule has 1 atom stereocenters. The number of aromatic nitrogens is 4. The topological polar surface area (TPSA) is 78.8 Å². The molecule has 1 aromatic heterocycles. The molecule has 0 saturated carbocycles. The molecule has 0 fully saturated rings. The van der Waals surface area contributed by atoms with E-state index < -0.39 is 0 Å². The molecule has 102 valence electrons. The van der Waals surface area contributed by atoms with Crippen molar-refractivity contribution in [2.45, 2.75) is 32.7 Å². The SMILES string of the molecule is CCCC(C)n1nnnc1-c1cc(OC)ccc1N. The van der Waals surface area contributed by atoms with Crippen LogP contribution in [0.2, 0.25) is 0 Å². The van der Waals surface area contributed by atoms with Crippen LogP contribution in [0, 0.1) is 0 Å². The quantitative estimate of drug-likeness (QED) is 0.835. The predicted octanol–water partition coefficient (Wildman–Crippen LogP) is 2.29. The Morgan fingerprint density at radius 1 is 1.42 bits per heavy atom. The van der Waals surface area contributed by atoms with Gasteiger partial charge in [-0.25, -0.2) is 4.68 Å². The Kier molecular flexibility index (Phi) is 3.99. The van der Waals surface area contributed by atoms with Crippen molar-refractivity contribution in [2.75, 3.05) is 12.8 Å². The highest BCUT2D eigenvalue weighted by Crippen LogP contribution is 2.29. The summed E-state index contributed by atoms with van der Waals surface area (Å²) < 4.78 is 7.04. The van der Waals surface area contributed by atoms with Crippen LogP contribution in [-0.2, 0) is 0 Å². The summed E-state index contributed by atoms with van der Waals surface area (Å²) in [4.78, 5) is 0. The molecule has 19 heavy (non-hydrogen) atoms. The summed E-state index contributed by atoms with van der Waals surface area (Å²) >= 11 is 0. The van der Waals surface area contributed by atoms with Crippen LogP contribution in [0.25, 0.3) is 11.4 Å². The Morgan fingerprint density at radius 2 is 2.21 bits per heavy atom. The van der Waals surface area contributed by atoms with Gasteiger partial charge in [-0.05, 0) is 42.0 Å². The van der Waals surface area contributed by atoms with Crippen molar-refractivity contribution >= 4 is 5.69 Å². The molecule has 2 aromatic rings. The molecule has 0 aliphatic carbocycles. The van der Waals surface area contributed by atoms with Gasteiger partial charge >= 0.3 is 0 Å². The monoisotopic (exact) mass is 261 g/mol. The number of rotatable bonds is 5. The molecule has 2 N–H and O–H groups in total. The first-order chi connectivity index (χ1) is 9.17. The van der Waals surface area contributed by atoms with Gasteiger partial charge in [0.15, 0.2) is 5.82 Å². The molecule has 6 nitrogen and oxygen atoms in total. The highest BCUT2D eigenvalue weighted by atomic mass is 16.5. The van der Waals surface area contributed by atoms with E-state index in [0.717, 1.165) is 24.2 Å². The highest BCUT2D eigenvalue weighted by molar-refractivity contribution is 5.73. The molecule has 6 heteroatoms. The average Bonchev–Trinajstić information content (AvgIpc) is 2.89. The van der Waals surface area contributed by atoms with E-state index in [4.69, 9.17) is 10.5 Å². The van der Waals surface area contributed by atoms with Crippen LogP contribution in [0.15, 0.2) is 18.2 Å². The number of nitrogen functional groups attached to an aromatic ring is 1. The maximum Gasteiger partial charge on any atom is 0.184 e. The second kappa shape index (κ2) is 5.69. The van der Waals surface area contributed by atoms with Gasteiger partial charge in [-0.3, -0.25) is 0 Å². The third-order valence-electron chi connectivity index (χ3n) is 3.12. The number of anilines is 1. The minimum absolute atomic E-state index is 0.237. The zero-order chi connectivity index (χ0) is 13.8. The van der Waals surface area contributed by atoms with Gasteiger partial charge in [0.25, 0.3) is 0 Å². The second-order valence-electron chi connectivity index (χ2n) is 4.54. The highest BCUT2D eigenvalue weighted by Gasteiger charge is 2.16. The molecule has 0 spiro atoms. The van der Waals surface area contributed by atoms with Gasteiger partial charge in [-0.1, -0.05) is 13.3 Å². The number of methoxy groups -OCH3 is 1. The molecule has 0 aliphatic heterocycles. The van der Waals surface area contributed by atoms with Crippen molar-refractivity contribution in [2.24, 2.45) is 0 Å². The van der Waals surface area contributed by atoms with Gasteiger partial charge in [0.05, 0.1) is 13.2 Å². The van der Waals surface area contributed by atoms with Gasteiger partial charge in [0, 0.05) is 11.3 Å². The summed E-state index contributed by atoms with van der Waals surface area (Å²) in [6.07, 6.45) is 2.09. The number of hydrogen-bond acceptors (Lipinski definition) is 5. The van der Waals surface area contributed by atoms with Crippen LogP contribution in [0.3, 0.4) is 0 Å². The van der Waals surface area contributed by atoms with E-state index in [9.17, 15) is 0 Å². The summed E-state index contributed by atoms with van der Waals surface area (Å²) in [5.41, 5.74) is 7.45. The standard InChI is InChI=1S/C13H19N5O/c1-4-5-9(2)18-13(15-16-17-18)11-8-10(19-3)6-7-12(11)14/h6-9H,4-5,14H2,1-3H3. The molecule has 1 heterocycles. The Balaban J connectivity index is 2.44. The fourth-order valence-electron chi connectivity index (χ4n) is 2.06. The number of hydrogen-bond donors (Lipinski definition) is 1. The van der Waals surface area contributed by atoms with Crippen molar-refractivity contribution in [3.8, 4) is 17.1 Å². The minimum Gasteiger partial charge on any atom is -0.497 e. The Labute approximate surface area is 112 Å². The van der Waals surface area contributed by atoms with Gasteiger partial charge in [0.1, 0.15) is 5.75 Å². The minimum atomic E-state index is 0.237. The fourth-order valence-corrected chi connectivity index (χ4v) is 2.06. The smallest absolute Gasteiger partial charge is 0.184 e. The number of tetrazole rings is 1. The summed E-state index contributed by atoms with van der Waals surface area (Å²) in [5, 5.41) is 11.9. The predicted molar refractivity (Wildman–Crippen MR) is 73.8 cm³/mol. The zero-order valence-electron chi connectivity index (χ0n) is 11.5. The molecule has 0 bridgehead atoms. The van der Waals surface area contributed by atoms with E-state index in [2.05, 4.69) is 29.4 Å². The third-order valence-corrected chi connectivity index (χ3v) is 3.12. The number of nitrogens with zero attached hydrogens (tertiary/aromatic N) is 4. The maximum atomic E-state index is 6.01. The molecule has 1 aromatic carbocycles. The number of nitrogens with two attached hydrogens (primary N) is 1. The van der Waals surface area contributed by atoms with Gasteiger partial charge in [0.2, 0.25) is 0 Å². The Hall–Kier alpha value is -2.11. The molecular formula is C13H19N5O. The molecule has 2 rings (SSSR count). The van der Waals surface area contributed by atoms with E-state index in [0.29, 0.717) is 11.5 Å². The van der Waals surface area contributed by atoms with E-state index in [-0.39, 0.29) is 6.04 Å². The lowest BCUT2D eigenvalue weighted by atomic mass is 10.1. The van der Waals surface area contributed by atoms with Crippen LogP contribution < -0.4 is 10.5 Å². The lowest BCUT2D eigenvalue weighted by Crippen LogP contribution is -2.09. The molecule has 0 aliphatic rings. The fraction of sp³-hybridized carbons (Fsp3) is 0.462. The van der Waals surface area contributed by atoms with Gasteiger partial charge in [-0.15, -0.1) is 5.10 Å². The van der Waals surface area contributed by atoms with Crippen LogP contribution >= 0.6 is 0 Å². The van der Waals surface area contributed by atoms with E-state index in [1.54, 1.807) is 13.2 Å². The summed E-state index contributed by atoms with van der Waals surface area (Å²) in [6, 6.07) is 5.72. The molecule has 1 unspecified atom stereocenters. The number of ether oxygens (including phenoxy) is 1. The first-order valence-corrected chi connectivity index (χ1v) is 6.39. The zero-order valence-corrected chi connectivity index (χ0v) is 11.5.